The third-order valence-electron chi connectivity index (χ3n) is 1.58. The minimum absolute atomic E-state index is 0. The fourth-order valence-electron chi connectivity index (χ4n) is 1.06. The molecule has 0 aliphatic rings. The van der Waals surface area contributed by atoms with E-state index in [0.29, 0.717) is 0 Å². The van der Waals surface area contributed by atoms with E-state index < -0.39 is 0 Å². The molecule has 12 heavy (non-hydrogen) atoms. The molecule has 0 fully saturated rings. The van der Waals surface area contributed by atoms with Crippen LogP contribution < -0.4 is 0 Å². The van der Waals surface area contributed by atoms with Crippen molar-refractivity contribution in [3.63, 3.8) is 0 Å². The van der Waals surface area contributed by atoms with Gasteiger partial charge in [0.1, 0.15) is 0 Å². The monoisotopic (exact) mass is 217 g/mol. The summed E-state index contributed by atoms with van der Waals surface area (Å²) >= 11 is 0. The van der Waals surface area contributed by atoms with Gasteiger partial charge in [-0.1, -0.05) is 18.2 Å². The number of rotatable bonds is 0. The second-order valence-corrected chi connectivity index (χ2v) is 2.36. The van der Waals surface area contributed by atoms with Gasteiger partial charge in [0.25, 0.3) is 0 Å². The van der Waals surface area contributed by atoms with Crippen LogP contribution in [0.4, 0.5) is 0 Å². The molecule has 0 saturated heterocycles. The van der Waals surface area contributed by atoms with Crippen molar-refractivity contribution in [1.82, 2.24) is 4.98 Å². The summed E-state index contributed by atoms with van der Waals surface area (Å²) < 4.78 is 0. The molecule has 2 nitrogen and oxygen atoms in total. The van der Waals surface area contributed by atoms with Crippen LogP contribution in [-0.4, -0.2) is 29.9 Å². The number of para-hydroxylation sites is 1. The molecule has 60 valence electrons. The van der Waals surface area contributed by atoms with Crippen LogP contribution in [0, 0.1) is 0 Å². The Bertz CT molecular complexity index is 389. The fourth-order valence-corrected chi connectivity index (χ4v) is 1.06. The van der Waals surface area contributed by atoms with E-state index in [2.05, 4.69) is 4.98 Å². The number of aromatic nitrogens is 1. The first-order chi connectivity index (χ1) is 5.36. The molecule has 1 N–H and O–H groups in total. The van der Waals surface area contributed by atoms with Gasteiger partial charge in [0.2, 0.25) is 5.88 Å². The zero-order chi connectivity index (χ0) is 7.68. The second kappa shape index (κ2) is 3.65. The quantitative estimate of drug-likeness (QED) is 0.662. The Kier molecular flexibility index (Phi) is 2.78. The average Bonchev–Trinajstić information content (AvgIpc) is 2.04. The van der Waals surface area contributed by atoms with Crippen molar-refractivity contribution < 1.29 is 5.11 Å². The molecule has 1 heterocycles. The third kappa shape index (κ3) is 1.62. The molecular formula is C9H10GaNO. The van der Waals surface area contributed by atoms with Crippen LogP contribution in [-0.2, 0) is 0 Å². The predicted molar refractivity (Wildman–Crippen MR) is 53.3 cm³/mol. The summed E-state index contributed by atoms with van der Waals surface area (Å²) in [6.07, 6.45) is 0. The molecule has 0 aliphatic carbocycles. The summed E-state index contributed by atoms with van der Waals surface area (Å²) in [7, 11) is 0. The number of fused-ring (bicyclic) bond motifs is 1. The van der Waals surface area contributed by atoms with E-state index in [4.69, 9.17) is 5.11 Å². The topological polar surface area (TPSA) is 33.1 Å². The molecule has 3 heteroatoms. The summed E-state index contributed by atoms with van der Waals surface area (Å²) in [6, 6.07) is 11.1. The predicted octanol–water partition coefficient (Wildman–Crippen LogP) is 0.756. The van der Waals surface area contributed by atoms with Gasteiger partial charge in [-0.3, -0.25) is 0 Å². The van der Waals surface area contributed by atoms with Crippen LogP contribution in [0.5, 0.6) is 5.88 Å². The van der Waals surface area contributed by atoms with Gasteiger partial charge in [0, 0.05) is 11.5 Å². The Hall–Kier alpha value is -0.934. The van der Waals surface area contributed by atoms with Crippen molar-refractivity contribution in [2.75, 3.05) is 0 Å². The Labute approximate surface area is 83.3 Å². The van der Waals surface area contributed by atoms with E-state index >= 15 is 0 Å². The van der Waals surface area contributed by atoms with E-state index in [1.165, 1.54) is 0 Å². The first-order valence-corrected chi connectivity index (χ1v) is 3.41. The summed E-state index contributed by atoms with van der Waals surface area (Å²) in [5.41, 5.74) is 0.826. The average molecular weight is 218 g/mol. The van der Waals surface area contributed by atoms with Crippen molar-refractivity contribution in [2.45, 2.75) is 0 Å². The van der Waals surface area contributed by atoms with E-state index in [-0.39, 0.29) is 25.7 Å². The normalized spacial score (nSPS) is 9.33. The Morgan fingerprint density at radius 1 is 1.00 bits per heavy atom. The van der Waals surface area contributed by atoms with Gasteiger partial charge in [-0.2, -0.15) is 0 Å². The minimum atomic E-state index is 0. The molecule has 2 aromatic rings. The molecule has 0 spiro atoms. The van der Waals surface area contributed by atoms with E-state index in [0.717, 1.165) is 10.9 Å². The van der Waals surface area contributed by atoms with Crippen molar-refractivity contribution in [2.24, 2.45) is 0 Å². The molecule has 0 saturated carbocycles. The maximum atomic E-state index is 9.02. The van der Waals surface area contributed by atoms with Crippen LogP contribution >= 0.6 is 0 Å². The van der Waals surface area contributed by atoms with Crippen LogP contribution in [0.15, 0.2) is 36.4 Å². The summed E-state index contributed by atoms with van der Waals surface area (Å²) in [6.45, 7) is 0. The van der Waals surface area contributed by atoms with Gasteiger partial charge in [0.15, 0.2) is 0 Å². The number of nitrogens with zero attached hydrogens (tertiary/aromatic N) is 1. The second-order valence-electron chi connectivity index (χ2n) is 2.36. The first-order valence-electron chi connectivity index (χ1n) is 3.41. The molecule has 0 radical (unpaired) electrons. The maximum absolute atomic E-state index is 9.02. The molecule has 0 atom stereocenters. The standard InChI is InChI=1S/C9H7NO.Ga.3H/c11-9-6-5-7-3-1-2-4-8(7)10-9;;;;/h1-6H,(H,10,11);;;;. The number of hydrogen-bond acceptors (Lipinski definition) is 2. The summed E-state index contributed by atoms with van der Waals surface area (Å²) in [5.74, 6) is 0.0729. The van der Waals surface area contributed by atoms with Crippen molar-refractivity contribution in [1.29, 1.82) is 0 Å². The Balaban J connectivity index is 0.000000720. The van der Waals surface area contributed by atoms with Gasteiger partial charge in [-0.15, -0.1) is 0 Å². The summed E-state index contributed by atoms with van der Waals surface area (Å²) in [5, 5.41) is 10.1. The summed E-state index contributed by atoms with van der Waals surface area (Å²) in [4.78, 5) is 3.93. The molecule has 0 aliphatic heterocycles. The number of benzene rings is 1. The van der Waals surface area contributed by atoms with Crippen LogP contribution in [0.25, 0.3) is 10.9 Å². The Morgan fingerprint density at radius 3 is 2.58 bits per heavy atom. The van der Waals surface area contributed by atoms with Gasteiger partial charge < -0.3 is 5.11 Å². The molecule has 0 bridgehead atoms. The molecule has 1 aromatic carbocycles. The SMILES string of the molecule is Oc1ccc2ccccc2n1.[GaH3]. The van der Waals surface area contributed by atoms with E-state index in [1.807, 2.05) is 30.3 Å². The first kappa shape index (κ1) is 9.16. The molecule has 2 rings (SSSR count). The van der Waals surface area contributed by atoms with Gasteiger partial charge in [-0.05, 0) is 12.1 Å². The number of aromatic hydroxyl groups is 1. The third-order valence-corrected chi connectivity index (χ3v) is 1.58. The number of pyridine rings is 1. The van der Waals surface area contributed by atoms with Crippen molar-refractivity contribution in [3.8, 4) is 5.88 Å². The van der Waals surface area contributed by atoms with Crippen molar-refractivity contribution >= 4 is 30.7 Å². The van der Waals surface area contributed by atoms with E-state index in [1.54, 1.807) is 6.07 Å². The number of hydrogen-bond donors (Lipinski definition) is 1. The van der Waals surface area contributed by atoms with Crippen LogP contribution in [0.3, 0.4) is 0 Å². The molecule has 0 unspecified atom stereocenters. The van der Waals surface area contributed by atoms with E-state index in [9.17, 15) is 0 Å². The van der Waals surface area contributed by atoms with Gasteiger partial charge >= 0.3 is 19.8 Å². The zero-order valence-electron chi connectivity index (χ0n) is 5.86. The zero-order valence-corrected chi connectivity index (χ0v) is 5.86. The molecular weight excluding hydrogens is 208 g/mol. The van der Waals surface area contributed by atoms with Crippen LogP contribution in [0.2, 0.25) is 0 Å². The molecule has 1 aromatic heterocycles. The van der Waals surface area contributed by atoms with Crippen LogP contribution in [0.1, 0.15) is 0 Å². The Morgan fingerprint density at radius 2 is 1.75 bits per heavy atom. The van der Waals surface area contributed by atoms with Crippen molar-refractivity contribution in [3.05, 3.63) is 36.4 Å². The fraction of sp³-hybridized carbons (Fsp3) is 0. The van der Waals surface area contributed by atoms with Gasteiger partial charge in [0.05, 0.1) is 5.52 Å². The molecule has 0 amide bonds. The van der Waals surface area contributed by atoms with Gasteiger partial charge in [-0.25, -0.2) is 4.98 Å².